The van der Waals surface area contributed by atoms with E-state index in [9.17, 15) is 43.2 Å². The number of hydrogen-bond acceptors (Lipinski definition) is 15. The lowest BCUT2D eigenvalue weighted by atomic mass is 10.0. The largest absolute Gasteiger partial charge is 0.472 e. The average Bonchev–Trinajstić information content (AvgIpc) is 3.62. The van der Waals surface area contributed by atoms with Crippen LogP contribution < -0.4 is 0 Å². The van der Waals surface area contributed by atoms with Crippen LogP contribution in [0.4, 0.5) is 0 Å². The Kier molecular flexibility index (Phi) is 61.1. The van der Waals surface area contributed by atoms with E-state index in [1.165, 1.54) is 180 Å². The van der Waals surface area contributed by atoms with E-state index < -0.39 is 97.5 Å². The van der Waals surface area contributed by atoms with E-state index >= 15 is 0 Å². The first-order chi connectivity index (χ1) is 42.5. The monoisotopic (exact) mass is 1300 g/mol. The normalized spacial score (nSPS) is 14.1. The number of aliphatic hydroxyl groups excluding tert-OH is 1. The van der Waals surface area contributed by atoms with Crippen molar-refractivity contribution in [2.24, 2.45) is 5.92 Å². The van der Waals surface area contributed by atoms with Gasteiger partial charge in [0.15, 0.2) is 12.2 Å². The van der Waals surface area contributed by atoms with Crippen molar-refractivity contribution in [2.75, 3.05) is 39.6 Å². The van der Waals surface area contributed by atoms with E-state index in [4.69, 9.17) is 37.0 Å². The summed E-state index contributed by atoms with van der Waals surface area (Å²) in [5, 5.41) is 10.6. The summed E-state index contributed by atoms with van der Waals surface area (Å²) in [6, 6.07) is 0. The summed E-state index contributed by atoms with van der Waals surface area (Å²) in [5.41, 5.74) is 0. The Morgan fingerprint density at radius 1 is 0.307 bits per heavy atom. The summed E-state index contributed by atoms with van der Waals surface area (Å²) in [6.45, 7) is 7.22. The standard InChI is InChI=1S/C69H134O17P2/c1-6-9-12-15-18-21-24-26-29-34-40-45-50-55-69(74)86-65(59-80-67(72)53-48-43-38-35-30-31-36-41-46-51-62(4)5)61-84-88(77,78)82-57-63(70)56-81-87(75,76)83-60-64(58-79-66(71)52-47-42-37-32-27-23-20-17-14-11-8-3)85-68(73)54-49-44-39-33-28-25-22-19-16-13-10-7-2/h62-65,70H,6-61H2,1-5H3,(H,75,76)(H,77,78)/t63-,64+,65+/m0/s1. The van der Waals surface area contributed by atoms with Crippen LogP contribution in [0, 0.1) is 5.92 Å². The van der Waals surface area contributed by atoms with Crippen LogP contribution >= 0.6 is 15.6 Å². The first kappa shape index (κ1) is 86.1. The molecule has 0 bridgehead atoms. The molecule has 0 aromatic rings. The van der Waals surface area contributed by atoms with Crippen LogP contribution in [-0.2, 0) is 65.4 Å². The van der Waals surface area contributed by atoms with Crippen LogP contribution in [0.2, 0.25) is 0 Å². The van der Waals surface area contributed by atoms with Crippen molar-refractivity contribution >= 4 is 39.5 Å². The molecule has 0 aromatic carbocycles. The molecule has 3 N–H and O–H groups in total. The Morgan fingerprint density at radius 3 is 0.773 bits per heavy atom. The fourth-order valence-electron chi connectivity index (χ4n) is 10.5. The van der Waals surface area contributed by atoms with Gasteiger partial charge in [0.1, 0.15) is 19.3 Å². The minimum absolute atomic E-state index is 0.107. The molecule has 0 radical (unpaired) electrons. The van der Waals surface area contributed by atoms with Gasteiger partial charge in [0.2, 0.25) is 0 Å². The molecule has 88 heavy (non-hydrogen) atoms. The van der Waals surface area contributed by atoms with Crippen molar-refractivity contribution in [1.82, 2.24) is 0 Å². The SMILES string of the molecule is CCCCCCCCCCCCCCCC(=O)O[C@H](COC(=O)CCCCCCCCCCCC(C)C)COP(=O)(O)OC[C@@H](O)COP(=O)(O)OC[C@@H](COC(=O)CCCCCCCCCCCCC)OC(=O)CCCCCCCCCCCCCC. The van der Waals surface area contributed by atoms with Gasteiger partial charge < -0.3 is 33.8 Å². The van der Waals surface area contributed by atoms with Crippen LogP contribution in [0.5, 0.6) is 0 Å². The zero-order valence-electron chi connectivity index (χ0n) is 56.9. The molecule has 5 atom stereocenters. The highest BCUT2D eigenvalue weighted by molar-refractivity contribution is 7.47. The van der Waals surface area contributed by atoms with Crippen molar-refractivity contribution in [2.45, 2.75) is 374 Å². The van der Waals surface area contributed by atoms with Gasteiger partial charge in [-0.05, 0) is 31.6 Å². The number of carbonyl (C=O) groups is 4. The molecule has 19 heteroatoms. The smallest absolute Gasteiger partial charge is 0.462 e. The second kappa shape index (κ2) is 62.5. The maximum Gasteiger partial charge on any atom is 0.472 e. The molecular formula is C69H134O17P2. The zero-order valence-corrected chi connectivity index (χ0v) is 58.6. The first-order valence-electron chi connectivity index (χ1n) is 36.1. The molecule has 0 aliphatic carbocycles. The first-order valence-corrected chi connectivity index (χ1v) is 39.1. The molecule has 2 unspecified atom stereocenters. The Morgan fingerprint density at radius 2 is 0.523 bits per heavy atom. The number of carbonyl (C=O) groups excluding carboxylic acids is 4. The quantitative estimate of drug-likeness (QED) is 0.0222. The van der Waals surface area contributed by atoms with Crippen LogP contribution in [-0.4, -0.2) is 96.7 Å². The van der Waals surface area contributed by atoms with Gasteiger partial charge in [0, 0.05) is 25.7 Å². The second-order valence-corrected chi connectivity index (χ2v) is 28.3. The second-order valence-electron chi connectivity index (χ2n) is 25.4. The van der Waals surface area contributed by atoms with Gasteiger partial charge >= 0.3 is 39.5 Å². The van der Waals surface area contributed by atoms with Gasteiger partial charge in [0.25, 0.3) is 0 Å². The van der Waals surface area contributed by atoms with Crippen LogP contribution in [0.25, 0.3) is 0 Å². The highest BCUT2D eigenvalue weighted by Crippen LogP contribution is 2.45. The summed E-state index contributed by atoms with van der Waals surface area (Å²) in [7, 11) is -9.90. The topological polar surface area (TPSA) is 237 Å². The minimum atomic E-state index is -4.95. The fraction of sp³-hybridized carbons (Fsp3) is 0.942. The van der Waals surface area contributed by atoms with E-state index in [1.54, 1.807) is 0 Å². The van der Waals surface area contributed by atoms with E-state index in [0.717, 1.165) is 95.8 Å². The van der Waals surface area contributed by atoms with Gasteiger partial charge in [-0.3, -0.25) is 37.3 Å². The molecule has 0 saturated heterocycles. The summed E-state index contributed by atoms with van der Waals surface area (Å²) in [6.07, 6.45) is 48.4. The highest BCUT2D eigenvalue weighted by atomic mass is 31.2. The van der Waals surface area contributed by atoms with Gasteiger partial charge in [-0.25, -0.2) is 9.13 Å². The summed E-state index contributed by atoms with van der Waals surface area (Å²) in [5.74, 6) is -1.38. The lowest BCUT2D eigenvalue weighted by Gasteiger charge is -2.21. The molecule has 0 aliphatic rings. The molecule has 0 heterocycles. The van der Waals surface area contributed by atoms with E-state index in [0.29, 0.717) is 25.7 Å². The van der Waals surface area contributed by atoms with Gasteiger partial charge in [-0.2, -0.15) is 0 Å². The van der Waals surface area contributed by atoms with Crippen LogP contribution in [0.15, 0.2) is 0 Å². The third-order valence-electron chi connectivity index (χ3n) is 16.0. The van der Waals surface area contributed by atoms with Gasteiger partial charge in [-0.15, -0.1) is 0 Å². The highest BCUT2D eigenvalue weighted by Gasteiger charge is 2.30. The van der Waals surface area contributed by atoms with Crippen molar-refractivity contribution in [3.05, 3.63) is 0 Å². The summed E-state index contributed by atoms with van der Waals surface area (Å²) in [4.78, 5) is 72.5. The maximum atomic E-state index is 13.0. The predicted molar refractivity (Wildman–Crippen MR) is 354 cm³/mol. The Balaban J connectivity index is 5.25. The van der Waals surface area contributed by atoms with Crippen molar-refractivity contribution in [3.8, 4) is 0 Å². The lowest BCUT2D eigenvalue weighted by molar-refractivity contribution is -0.161. The zero-order chi connectivity index (χ0) is 64.9. The third-order valence-corrected chi connectivity index (χ3v) is 17.9. The summed E-state index contributed by atoms with van der Waals surface area (Å²) < 4.78 is 68.2. The Hall–Kier alpha value is -1.94. The number of ether oxygens (including phenoxy) is 4. The number of rotatable bonds is 69. The Bertz CT molecular complexity index is 1700. The maximum absolute atomic E-state index is 13.0. The molecule has 17 nitrogen and oxygen atoms in total. The third kappa shape index (κ3) is 62.8. The Labute approximate surface area is 537 Å². The van der Waals surface area contributed by atoms with Gasteiger partial charge in [-0.1, -0.05) is 304 Å². The summed E-state index contributed by atoms with van der Waals surface area (Å²) >= 11 is 0. The number of esters is 4. The van der Waals surface area contributed by atoms with E-state index in [2.05, 4.69) is 34.6 Å². The molecule has 0 rings (SSSR count). The number of aliphatic hydroxyl groups is 1. The molecule has 0 amide bonds. The molecule has 522 valence electrons. The van der Waals surface area contributed by atoms with Crippen LogP contribution in [0.1, 0.15) is 356 Å². The average molecular weight is 1300 g/mol. The van der Waals surface area contributed by atoms with Crippen molar-refractivity contribution < 1.29 is 80.2 Å². The van der Waals surface area contributed by atoms with E-state index in [-0.39, 0.29) is 25.7 Å². The van der Waals surface area contributed by atoms with Gasteiger partial charge in [0.05, 0.1) is 26.4 Å². The number of phosphoric acid groups is 2. The van der Waals surface area contributed by atoms with E-state index in [1.807, 2.05) is 0 Å². The fourth-order valence-corrected chi connectivity index (χ4v) is 12.0. The van der Waals surface area contributed by atoms with Crippen molar-refractivity contribution in [1.29, 1.82) is 0 Å². The molecule has 0 saturated carbocycles. The molecule has 0 aromatic heterocycles. The minimum Gasteiger partial charge on any atom is -0.462 e. The molecule has 0 fully saturated rings. The molecule has 0 aliphatic heterocycles. The molecule has 0 spiro atoms. The lowest BCUT2D eigenvalue weighted by Crippen LogP contribution is -2.30. The number of phosphoric ester groups is 2. The van der Waals surface area contributed by atoms with Crippen LogP contribution in [0.3, 0.4) is 0 Å². The number of hydrogen-bond donors (Lipinski definition) is 3. The number of unbranched alkanes of at least 4 members (excludes halogenated alkanes) is 41. The predicted octanol–water partition coefficient (Wildman–Crippen LogP) is 19.7. The van der Waals surface area contributed by atoms with Crippen molar-refractivity contribution in [3.63, 3.8) is 0 Å². The molecular weight excluding hydrogens is 1160 g/mol.